The average molecular weight is 212 g/mol. The topological polar surface area (TPSA) is 25.8 Å². The maximum Gasteiger partial charge on any atom is 0.0435 e. The van der Waals surface area contributed by atoms with E-state index >= 15 is 0 Å². The standard InChI is InChI=1S/C14H16N2/c1-11-7-13(10-15-9-11)8-12(2)14-5-3-4-6-16-14/h3-7,9-10,12H,8H2,1-2H3. The Morgan fingerprint density at radius 1 is 1.25 bits per heavy atom. The molecule has 0 spiro atoms. The molecule has 2 rings (SSSR count). The lowest BCUT2D eigenvalue weighted by Gasteiger charge is -2.10. The molecule has 0 bridgehead atoms. The largest absolute Gasteiger partial charge is 0.264 e. The summed E-state index contributed by atoms with van der Waals surface area (Å²) in [5, 5.41) is 0. The average Bonchev–Trinajstić information content (AvgIpc) is 2.30. The summed E-state index contributed by atoms with van der Waals surface area (Å²) in [4.78, 5) is 8.59. The number of aryl methyl sites for hydroxylation is 1. The number of hydrogen-bond donors (Lipinski definition) is 0. The molecule has 0 N–H and O–H groups in total. The van der Waals surface area contributed by atoms with Crippen LogP contribution in [0.1, 0.15) is 29.7 Å². The highest BCUT2D eigenvalue weighted by molar-refractivity contribution is 5.20. The molecule has 1 atom stereocenters. The number of nitrogens with zero attached hydrogens (tertiary/aromatic N) is 2. The smallest absolute Gasteiger partial charge is 0.0435 e. The molecule has 2 aromatic rings. The predicted molar refractivity (Wildman–Crippen MR) is 65.3 cm³/mol. The van der Waals surface area contributed by atoms with Crippen molar-refractivity contribution in [2.24, 2.45) is 0 Å². The number of pyridine rings is 2. The van der Waals surface area contributed by atoms with E-state index in [1.165, 1.54) is 11.1 Å². The van der Waals surface area contributed by atoms with Crippen LogP contribution in [0.15, 0.2) is 42.9 Å². The first-order valence-electron chi connectivity index (χ1n) is 5.57. The van der Waals surface area contributed by atoms with E-state index < -0.39 is 0 Å². The van der Waals surface area contributed by atoms with Crippen LogP contribution < -0.4 is 0 Å². The number of aromatic nitrogens is 2. The van der Waals surface area contributed by atoms with E-state index in [1.807, 2.05) is 30.7 Å². The van der Waals surface area contributed by atoms with Gasteiger partial charge in [0.05, 0.1) is 0 Å². The third kappa shape index (κ3) is 2.66. The van der Waals surface area contributed by atoms with Gasteiger partial charge in [-0.1, -0.05) is 19.1 Å². The van der Waals surface area contributed by atoms with Gasteiger partial charge >= 0.3 is 0 Å². The summed E-state index contributed by atoms with van der Waals surface area (Å²) < 4.78 is 0. The van der Waals surface area contributed by atoms with Crippen molar-refractivity contribution in [3.8, 4) is 0 Å². The van der Waals surface area contributed by atoms with Gasteiger partial charge in [0.1, 0.15) is 0 Å². The first-order valence-corrected chi connectivity index (χ1v) is 5.57. The van der Waals surface area contributed by atoms with Gasteiger partial charge in [0.2, 0.25) is 0 Å². The molecule has 0 aliphatic heterocycles. The Kier molecular flexibility index (Phi) is 3.30. The van der Waals surface area contributed by atoms with Crippen molar-refractivity contribution in [2.75, 3.05) is 0 Å². The van der Waals surface area contributed by atoms with Crippen LogP contribution in [0.3, 0.4) is 0 Å². The maximum atomic E-state index is 4.38. The highest BCUT2D eigenvalue weighted by Gasteiger charge is 2.07. The molecule has 0 fully saturated rings. The Morgan fingerprint density at radius 3 is 2.81 bits per heavy atom. The van der Waals surface area contributed by atoms with E-state index in [9.17, 15) is 0 Å². The number of rotatable bonds is 3. The van der Waals surface area contributed by atoms with Crippen molar-refractivity contribution in [2.45, 2.75) is 26.2 Å². The van der Waals surface area contributed by atoms with E-state index in [-0.39, 0.29) is 0 Å². The van der Waals surface area contributed by atoms with E-state index in [0.717, 1.165) is 12.1 Å². The quantitative estimate of drug-likeness (QED) is 0.781. The zero-order valence-corrected chi connectivity index (χ0v) is 9.72. The van der Waals surface area contributed by atoms with Gasteiger partial charge in [0.25, 0.3) is 0 Å². The van der Waals surface area contributed by atoms with Crippen molar-refractivity contribution in [1.82, 2.24) is 9.97 Å². The van der Waals surface area contributed by atoms with Crippen molar-refractivity contribution in [3.05, 3.63) is 59.7 Å². The van der Waals surface area contributed by atoms with Crippen molar-refractivity contribution in [1.29, 1.82) is 0 Å². The van der Waals surface area contributed by atoms with Crippen LogP contribution in [0.4, 0.5) is 0 Å². The van der Waals surface area contributed by atoms with Crippen molar-refractivity contribution < 1.29 is 0 Å². The zero-order chi connectivity index (χ0) is 11.4. The van der Waals surface area contributed by atoms with Crippen LogP contribution in [0, 0.1) is 6.92 Å². The van der Waals surface area contributed by atoms with Gasteiger partial charge in [-0.25, -0.2) is 0 Å². The minimum Gasteiger partial charge on any atom is -0.264 e. The molecule has 82 valence electrons. The fourth-order valence-corrected chi connectivity index (χ4v) is 1.85. The molecular weight excluding hydrogens is 196 g/mol. The molecule has 0 amide bonds. The summed E-state index contributed by atoms with van der Waals surface area (Å²) in [7, 11) is 0. The van der Waals surface area contributed by atoms with Crippen molar-refractivity contribution in [3.63, 3.8) is 0 Å². The predicted octanol–water partition coefficient (Wildman–Crippen LogP) is 3.13. The van der Waals surface area contributed by atoms with Crippen LogP contribution >= 0.6 is 0 Å². The van der Waals surface area contributed by atoms with Gasteiger partial charge in [-0.2, -0.15) is 0 Å². The molecule has 0 saturated heterocycles. The summed E-state index contributed by atoms with van der Waals surface area (Å²) in [5.74, 6) is 0.435. The van der Waals surface area contributed by atoms with Gasteiger partial charge < -0.3 is 0 Å². The molecule has 0 saturated carbocycles. The monoisotopic (exact) mass is 212 g/mol. The van der Waals surface area contributed by atoms with Gasteiger partial charge in [-0.15, -0.1) is 0 Å². The molecule has 0 aliphatic rings. The molecule has 2 aromatic heterocycles. The summed E-state index contributed by atoms with van der Waals surface area (Å²) in [6, 6.07) is 8.25. The Hall–Kier alpha value is -1.70. The van der Waals surface area contributed by atoms with Crippen LogP contribution in [-0.2, 0) is 6.42 Å². The van der Waals surface area contributed by atoms with E-state index in [4.69, 9.17) is 0 Å². The summed E-state index contributed by atoms with van der Waals surface area (Å²) >= 11 is 0. The normalized spacial score (nSPS) is 12.4. The lowest BCUT2D eigenvalue weighted by atomic mass is 9.98. The zero-order valence-electron chi connectivity index (χ0n) is 9.72. The lowest BCUT2D eigenvalue weighted by molar-refractivity contribution is 0.728. The van der Waals surface area contributed by atoms with Gasteiger partial charge in [-0.05, 0) is 36.6 Å². The Bertz CT molecular complexity index is 451. The Balaban J connectivity index is 2.11. The van der Waals surface area contributed by atoms with Crippen LogP contribution in [0.25, 0.3) is 0 Å². The molecule has 16 heavy (non-hydrogen) atoms. The fraction of sp³-hybridized carbons (Fsp3) is 0.286. The van der Waals surface area contributed by atoms with E-state index in [1.54, 1.807) is 0 Å². The highest BCUT2D eigenvalue weighted by Crippen LogP contribution is 2.17. The molecule has 2 heterocycles. The second-order valence-corrected chi connectivity index (χ2v) is 4.23. The first-order chi connectivity index (χ1) is 7.75. The third-order valence-electron chi connectivity index (χ3n) is 2.67. The van der Waals surface area contributed by atoms with Gasteiger partial charge in [0.15, 0.2) is 0 Å². The first kappa shape index (κ1) is 10.8. The van der Waals surface area contributed by atoms with E-state index in [0.29, 0.717) is 5.92 Å². The van der Waals surface area contributed by atoms with E-state index in [2.05, 4.69) is 35.9 Å². The second kappa shape index (κ2) is 4.88. The SMILES string of the molecule is Cc1cncc(CC(C)c2ccccn2)c1. The molecule has 0 aliphatic carbocycles. The molecule has 2 nitrogen and oxygen atoms in total. The van der Waals surface area contributed by atoms with Crippen LogP contribution in [-0.4, -0.2) is 9.97 Å². The van der Waals surface area contributed by atoms with Crippen molar-refractivity contribution >= 4 is 0 Å². The minimum atomic E-state index is 0.435. The molecule has 0 aromatic carbocycles. The minimum absolute atomic E-state index is 0.435. The third-order valence-corrected chi connectivity index (χ3v) is 2.67. The summed E-state index contributed by atoms with van der Waals surface area (Å²) in [6.45, 7) is 4.27. The molecule has 0 radical (unpaired) electrons. The van der Waals surface area contributed by atoms with Gasteiger partial charge in [0, 0.05) is 30.2 Å². The highest BCUT2D eigenvalue weighted by atomic mass is 14.7. The summed E-state index contributed by atoms with van der Waals surface area (Å²) in [6.07, 6.45) is 6.66. The molecule has 2 heteroatoms. The maximum absolute atomic E-state index is 4.38. The molecule has 1 unspecified atom stereocenters. The Morgan fingerprint density at radius 2 is 2.12 bits per heavy atom. The van der Waals surface area contributed by atoms with Crippen LogP contribution in [0.5, 0.6) is 0 Å². The second-order valence-electron chi connectivity index (χ2n) is 4.23. The summed E-state index contributed by atoms with van der Waals surface area (Å²) in [5.41, 5.74) is 3.63. The van der Waals surface area contributed by atoms with Gasteiger partial charge in [-0.3, -0.25) is 9.97 Å². The van der Waals surface area contributed by atoms with Crippen LogP contribution in [0.2, 0.25) is 0 Å². The Labute approximate surface area is 96.4 Å². The number of hydrogen-bond acceptors (Lipinski definition) is 2. The lowest BCUT2D eigenvalue weighted by Crippen LogP contribution is -2.01. The fourth-order valence-electron chi connectivity index (χ4n) is 1.85. The molecular formula is C14H16N2.